The normalized spacial score (nSPS) is 24.1. The molecular formula is C20H28N4OS. The van der Waals surface area contributed by atoms with Gasteiger partial charge in [0, 0.05) is 16.8 Å². The lowest BCUT2D eigenvalue weighted by Gasteiger charge is -2.31. The van der Waals surface area contributed by atoms with Crippen molar-refractivity contribution in [1.29, 1.82) is 5.26 Å². The second-order valence-corrected chi connectivity index (χ2v) is 9.11. The molecule has 1 N–H and O–H groups in total. The van der Waals surface area contributed by atoms with E-state index in [0.29, 0.717) is 24.1 Å². The molecule has 1 saturated heterocycles. The number of amides is 1. The molecule has 0 bridgehead atoms. The van der Waals surface area contributed by atoms with Crippen molar-refractivity contribution in [2.75, 3.05) is 19.6 Å². The van der Waals surface area contributed by atoms with Crippen molar-refractivity contribution in [1.82, 2.24) is 15.2 Å². The van der Waals surface area contributed by atoms with Gasteiger partial charge in [0.05, 0.1) is 17.6 Å². The van der Waals surface area contributed by atoms with Gasteiger partial charge in [-0.15, -0.1) is 11.3 Å². The van der Waals surface area contributed by atoms with E-state index in [1.165, 1.54) is 32.1 Å². The van der Waals surface area contributed by atoms with Gasteiger partial charge in [-0.2, -0.15) is 5.26 Å². The van der Waals surface area contributed by atoms with Crippen LogP contribution >= 0.6 is 11.3 Å². The smallest absolute Gasteiger partial charge is 0.271 e. The van der Waals surface area contributed by atoms with E-state index in [1.54, 1.807) is 11.3 Å². The zero-order valence-electron chi connectivity index (χ0n) is 15.4. The first-order chi connectivity index (χ1) is 12.7. The van der Waals surface area contributed by atoms with Crippen molar-refractivity contribution in [3.8, 4) is 6.07 Å². The van der Waals surface area contributed by atoms with Crippen LogP contribution in [0.5, 0.6) is 0 Å². The Bertz CT molecular complexity index is 676. The van der Waals surface area contributed by atoms with E-state index in [-0.39, 0.29) is 11.4 Å². The SMILES string of the molecule is N#CCN1CCC(c2nc(C(=O)NC3(C4CCCCC4)CC3)cs2)CC1. The minimum Gasteiger partial charge on any atom is -0.345 e. The lowest BCUT2D eigenvalue weighted by atomic mass is 9.82. The summed E-state index contributed by atoms with van der Waals surface area (Å²) in [6.07, 6.45) is 10.8. The summed E-state index contributed by atoms with van der Waals surface area (Å²) in [7, 11) is 0. The first-order valence-corrected chi connectivity index (χ1v) is 11.0. The first kappa shape index (κ1) is 17.9. The molecule has 2 saturated carbocycles. The number of nitrogens with one attached hydrogen (secondary N) is 1. The predicted molar refractivity (Wildman–Crippen MR) is 102 cm³/mol. The highest BCUT2D eigenvalue weighted by atomic mass is 32.1. The van der Waals surface area contributed by atoms with Crippen LogP contribution in [0, 0.1) is 17.2 Å². The van der Waals surface area contributed by atoms with Gasteiger partial charge >= 0.3 is 0 Å². The van der Waals surface area contributed by atoms with Crippen molar-refractivity contribution in [3.63, 3.8) is 0 Å². The van der Waals surface area contributed by atoms with Crippen LogP contribution in [0.2, 0.25) is 0 Å². The fourth-order valence-corrected chi connectivity index (χ4v) is 5.70. The quantitative estimate of drug-likeness (QED) is 0.801. The van der Waals surface area contributed by atoms with Crippen molar-refractivity contribution >= 4 is 17.2 Å². The van der Waals surface area contributed by atoms with Crippen LogP contribution in [-0.4, -0.2) is 41.0 Å². The molecule has 0 unspecified atom stereocenters. The van der Waals surface area contributed by atoms with Crippen LogP contribution in [0.15, 0.2) is 5.38 Å². The number of rotatable bonds is 5. The summed E-state index contributed by atoms with van der Waals surface area (Å²) in [5.41, 5.74) is 0.677. The van der Waals surface area contributed by atoms with Crippen LogP contribution in [0.3, 0.4) is 0 Å². The Kier molecular flexibility index (Phi) is 5.28. The van der Waals surface area contributed by atoms with Crippen molar-refractivity contribution < 1.29 is 4.79 Å². The lowest BCUT2D eigenvalue weighted by Crippen LogP contribution is -2.43. The van der Waals surface area contributed by atoms with Gasteiger partial charge in [0.1, 0.15) is 5.69 Å². The van der Waals surface area contributed by atoms with E-state index in [0.717, 1.165) is 43.8 Å². The molecule has 1 aromatic heterocycles. The molecule has 0 atom stereocenters. The Hall–Kier alpha value is -1.45. The predicted octanol–water partition coefficient (Wildman–Crippen LogP) is 3.69. The molecule has 4 rings (SSSR count). The fourth-order valence-electron chi connectivity index (χ4n) is 4.73. The second kappa shape index (κ2) is 7.66. The Morgan fingerprint density at radius 2 is 2.00 bits per heavy atom. The van der Waals surface area contributed by atoms with Gasteiger partial charge in [0.2, 0.25) is 0 Å². The maximum Gasteiger partial charge on any atom is 0.271 e. The van der Waals surface area contributed by atoms with E-state index in [1.807, 2.05) is 5.38 Å². The monoisotopic (exact) mass is 372 g/mol. The maximum absolute atomic E-state index is 12.8. The van der Waals surface area contributed by atoms with Crippen molar-refractivity contribution in [2.45, 2.75) is 69.2 Å². The zero-order chi connectivity index (χ0) is 18.0. The molecule has 1 amide bonds. The Morgan fingerprint density at radius 1 is 1.27 bits per heavy atom. The number of carbonyl (C=O) groups excluding carboxylic acids is 1. The highest BCUT2D eigenvalue weighted by molar-refractivity contribution is 7.09. The van der Waals surface area contributed by atoms with Crippen LogP contribution in [0.4, 0.5) is 0 Å². The molecule has 26 heavy (non-hydrogen) atoms. The van der Waals surface area contributed by atoms with Gasteiger partial charge < -0.3 is 5.32 Å². The van der Waals surface area contributed by atoms with Crippen LogP contribution < -0.4 is 5.32 Å². The molecule has 2 heterocycles. The summed E-state index contributed by atoms with van der Waals surface area (Å²) in [6.45, 7) is 2.41. The fraction of sp³-hybridized carbons (Fsp3) is 0.750. The van der Waals surface area contributed by atoms with E-state index in [2.05, 4.69) is 21.3 Å². The summed E-state index contributed by atoms with van der Waals surface area (Å²) < 4.78 is 0. The number of nitrogens with zero attached hydrogens (tertiary/aromatic N) is 3. The largest absolute Gasteiger partial charge is 0.345 e. The third-order valence-corrected chi connectivity index (χ3v) is 7.53. The number of carbonyl (C=O) groups is 1. The molecule has 2 aliphatic carbocycles. The highest BCUT2D eigenvalue weighted by Gasteiger charge is 2.50. The van der Waals surface area contributed by atoms with Crippen molar-refractivity contribution in [3.05, 3.63) is 16.1 Å². The minimum absolute atomic E-state index is 0.0255. The maximum atomic E-state index is 12.8. The van der Waals surface area contributed by atoms with Gasteiger partial charge in [-0.3, -0.25) is 9.69 Å². The number of thiazole rings is 1. The summed E-state index contributed by atoms with van der Waals surface area (Å²) in [5, 5.41) is 15.2. The Balaban J connectivity index is 1.34. The van der Waals surface area contributed by atoms with Crippen LogP contribution in [0.25, 0.3) is 0 Å². The Labute approximate surface area is 159 Å². The van der Waals surface area contributed by atoms with Crippen LogP contribution in [-0.2, 0) is 0 Å². The molecule has 3 fully saturated rings. The summed E-state index contributed by atoms with van der Waals surface area (Å²) in [4.78, 5) is 19.6. The molecule has 5 nitrogen and oxygen atoms in total. The van der Waals surface area contributed by atoms with Gasteiger partial charge in [-0.1, -0.05) is 19.3 Å². The third-order valence-electron chi connectivity index (χ3n) is 6.52. The molecule has 3 aliphatic rings. The number of piperidine rings is 1. The van der Waals surface area contributed by atoms with Crippen molar-refractivity contribution in [2.24, 2.45) is 5.92 Å². The average molecular weight is 373 g/mol. The minimum atomic E-state index is 0.0255. The number of likely N-dealkylation sites (tertiary alicyclic amines) is 1. The number of aromatic nitrogens is 1. The highest BCUT2D eigenvalue weighted by Crippen LogP contribution is 2.48. The molecular weight excluding hydrogens is 344 g/mol. The van der Waals surface area contributed by atoms with Gasteiger partial charge in [-0.05, 0) is 57.5 Å². The number of nitriles is 1. The molecule has 1 aromatic rings. The molecule has 140 valence electrons. The van der Waals surface area contributed by atoms with E-state index in [4.69, 9.17) is 5.26 Å². The second-order valence-electron chi connectivity index (χ2n) is 8.22. The summed E-state index contributed by atoms with van der Waals surface area (Å²) >= 11 is 1.63. The van der Waals surface area contributed by atoms with Gasteiger partial charge in [-0.25, -0.2) is 4.98 Å². The molecule has 0 spiro atoms. The van der Waals surface area contributed by atoms with E-state index >= 15 is 0 Å². The molecule has 0 radical (unpaired) electrons. The van der Waals surface area contributed by atoms with E-state index in [9.17, 15) is 4.79 Å². The lowest BCUT2D eigenvalue weighted by molar-refractivity contribution is 0.0897. The molecule has 0 aromatic carbocycles. The standard InChI is InChI=1S/C20H28N4OS/c21-10-13-24-11-6-15(7-12-24)19-22-17(14-26-19)18(25)23-20(8-9-20)16-4-2-1-3-5-16/h14-16H,1-9,11-13H2,(H,23,25). The molecule has 1 aliphatic heterocycles. The first-order valence-electron chi connectivity index (χ1n) is 10.1. The van der Waals surface area contributed by atoms with Gasteiger partial charge in [0.25, 0.3) is 5.91 Å². The average Bonchev–Trinajstić information content (AvgIpc) is 3.28. The third kappa shape index (κ3) is 3.79. The number of hydrogen-bond acceptors (Lipinski definition) is 5. The van der Waals surface area contributed by atoms with Crippen LogP contribution in [0.1, 0.15) is 79.2 Å². The summed E-state index contributed by atoms with van der Waals surface area (Å²) in [5.74, 6) is 1.13. The topological polar surface area (TPSA) is 69.0 Å². The molecule has 6 heteroatoms. The summed E-state index contributed by atoms with van der Waals surface area (Å²) in [6, 6.07) is 2.23. The van der Waals surface area contributed by atoms with E-state index < -0.39 is 0 Å². The Morgan fingerprint density at radius 3 is 2.65 bits per heavy atom. The zero-order valence-corrected chi connectivity index (χ0v) is 16.2. The van der Waals surface area contributed by atoms with Gasteiger partial charge in [0.15, 0.2) is 0 Å². The number of hydrogen-bond donors (Lipinski definition) is 1.